The first kappa shape index (κ1) is 16.2. The summed E-state index contributed by atoms with van der Waals surface area (Å²) in [5, 5.41) is 21.1. The van der Waals surface area contributed by atoms with Gasteiger partial charge < -0.3 is 15.5 Å². The Balaban J connectivity index is 1.79. The quantitative estimate of drug-likeness (QED) is 0.728. The van der Waals surface area contributed by atoms with E-state index in [4.69, 9.17) is 5.11 Å². The van der Waals surface area contributed by atoms with Crippen molar-refractivity contribution >= 4 is 11.9 Å². The number of benzene rings is 2. The molecule has 0 unspecified atom stereocenters. The monoisotopic (exact) mass is 325 g/mol. The lowest BCUT2D eigenvalue weighted by molar-refractivity contribution is -0.140. The second-order valence-electron chi connectivity index (χ2n) is 5.96. The van der Waals surface area contributed by atoms with Gasteiger partial charge in [-0.2, -0.15) is 0 Å². The number of aliphatic carboxylic acids is 2. The Bertz CT molecular complexity index is 726. The van der Waals surface area contributed by atoms with Gasteiger partial charge in [-0.15, -0.1) is 0 Å². The number of rotatable bonds is 7. The van der Waals surface area contributed by atoms with Crippen LogP contribution in [-0.4, -0.2) is 34.7 Å². The third-order valence-corrected chi connectivity index (χ3v) is 4.48. The van der Waals surface area contributed by atoms with E-state index in [0.29, 0.717) is 6.54 Å². The Morgan fingerprint density at radius 1 is 0.958 bits per heavy atom. The summed E-state index contributed by atoms with van der Waals surface area (Å²) < 4.78 is 0. The van der Waals surface area contributed by atoms with Gasteiger partial charge in [-0.3, -0.25) is 9.59 Å². The van der Waals surface area contributed by atoms with Crippen LogP contribution in [0.15, 0.2) is 48.5 Å². The lowest BCUT2D eigenvalue weighted by Gasteiger charge is -2.19. The predicted octanol–water partition coefficient (Wildman–Crippen LogP) is 2.71. The van der Waals surface area contributed by atoms with Crippen molar-refractivity contribution in [2.24, 2.45) is 0 Å². The Morgan fingerprint density at radius 3 is 2.00 bits per heavy atom. The fraction of sp³-hybridized carbons (Fsp3) is 0.263. The molecule has 0 amide bonds. The summed E-state index contributed by atoms with van der Waals surface area (Å²) >= 11 is 0. The molecule has 24 heavy (non-hydrogen) atoms. The Labute approximate surface area is 139 Å². The molecular formula is C19H19NO4. The standard InChI is InChI=1S/C19H19NO4/c21-18(22)10-9-17(19(23)24)20-11-16-14-7-3-1-5-12(14)13-6-2-4-8-15(13)16/h1-8,16-17,20H,9-11H2,(H,21,22)(H,23,24)/t17-/m0/s1. The van der Waals surface area contributed by atoms with Gasteiger partial charge in [-0.05, 0) is 28.7 Å². The zero-order valence-corrected chi connectivity index (χ0v) is 13.1. The van der Waals surface area contributed by atoms with E-state index in [0.717, 1.165) is 0 Å². The van der Waals surface area contributed by atoms with Crippen molar-refractivity contribution in [1.29, 1.82) is 0 Å². The van der Waals surface area contributed by atoms with Crippen LogP contribution in [0.3, 0.4) is 0 Å². The molecule has 0 spiro atoms. The molecule has 0 aliphatic heterocycles. The van der Waals surface area contributed by atoms with Crippen molar-refractivity contribution in [2.45, 2.75) is 24.8 Å². The number of hydrogen-bond acceptors (Lipinski definition) is 3. The van der Waals surface area contributed by atoms with Crippen LogP contribution in [0.2, 0.25) is 0 Å². The van der Waals surface area contributed by atoms with Crippen LogP contribution in [0, 0.1) is 0 Å². The molecular weight excluding hydrogens is 306 g/mol. The molecule has 1 aliphatic carbocycles. The summed E-state index contributed by atoms with van der Waals surface area (Å²) in [6.45, 7) is 0.463. The first-order valence-electron chi connectivity index (χ1n) is 7.94. The molecule has 5 nitrogen and oxygen atoms in total. The van der Waals surface area contributed by atoms with Crippen molar-refractivity contribution < 1.29 is 19.8 Å². The van der Waals surface area contributed by atoms with Crippen LogP contribution in [0.1, 0.15) is 29.9 Å². The second kappa shape index (κ2) is 6.84. The van der Waals surface area contributed by atoms with E-state index in [9.17, 15) is 14.7 Å². The van der Waals surface area contributed by atoms with Crippen molar-refractivity contribution in [3.8, 4) is 11.1 Å². The SMILES string of the molecule is O=C(O)CC[C@H](NCC1c2ccccc2-c2ccccc21)C(=O)O. The minimum atomic E-state index is -1.02. The number of carbonyl (C=O) groups is 2. The molecule has 0 fully saturated rings. The molecule has 0 aromatic heterocycles. The fourth-order valence-corrected chi connectivity index (χ4v) is 3.32. The summed E-state index contributed by atoms with van der Waals surface area (Å²) in [5.41, 5.74) is 4.71. The van der Waals surface area contributed by atoms with E-state index in [1.807, 2.05) is 24.3 Å². The van der Waals surface area contributed by atoms with E-state index in [2.05, 4.69) is 29.6 Å². The molecule has 1 atom stereocenters. The maximum absolute atomic E-state index is 11.4. The molecule has 2 aromatic carbocycles. The van der Waals surface area contributed by atoms with Crippen LogP contribution in [0.25, 0.3) is 11.1 Å². The van der Waals surface area contributed by atoms with Crippen molar-refractivity contribution in [2.75, 3.05) is 6.54 Å². The largest absolute Gasteiger partial charge is 0.481 e. The number of carboxylic acid groups (broad SMARTS) is 2. The Hall–Kier alpha value is -2.66. The van der Waals surface area contributed by atoms with Gasteiger partial charge >= 0.3 is 11.9 Å². The summed E-state index contributed by atoms with van der Waals surface area (Å²) in [6, 6.07) is 15.4. The molecule has 1 aliphatic rings. The average molecular weight is 325 g/mol. The number of carboxylic acids is 2. The zero-order chi connectivity index (χ0) is 17.1. The van der Waals surface area contributed by atoms with Gasteiger partial charge in [0.1, 0.15) is 6.04 Å². The van der Waals surface area contributed by atoms with Crippen molar-refractivity contribution in [1.82, 2.24) is 5.32 Å². The van der Waals surface area contributed by atoms with Crippen molar-refractivity contribution in [3.05, 3.63) is 59.7 Å². The average Bonchev–Trinajstić information content (AvgIpc) is 2.89. The van der Waals surface area contributed by atoms with Gasteiger partial charge in [0.2, 0.25) is 0 Å². The highest BCUT2D eigenvalue weighted by Gasteiger charge is 2.29. The minimum Gasteiger partial charge on any atom is -0.481 e. The topological polar surface area (TPSA) is 86.6 Å². The first-order chi connectivity index (χ1) is 11.6. The molecule has 0 saturated carbocycles. The second-order valence-corrected chi connectivity index (χ2v) is 5.96. The van der Waals surface area contributed by atoms with Gasteiger partial charge in [-0.1, -0.05) is 48.5 Å². The van der Waals surface area contributed by atoms with E-state index < -0.39 is 18.0 Å². The van der Waals surface area contributed by atoms with Gasteiger partial charge in [0, 0.05) is 18.9 Å². The third-order valence-electron chi connectivity index (χ3n) is 4.48. The lowest BCUT2D eigenvalue weighted by atomic mass is 9.96. The Morgan fingerprint density at radius 2 is 1.50 bits per heavy atom. The zero-order valence-electron chi connectivity index (χ0n) is 13.1. The van der Waals surface area contributed by atoms with E-state index in [-0.39, 0.29) is 18.8 Å². The molecule has 0 bridgehead atoms. The summed E-state index contributed by atoms with van der Waals surface area (Å²) in [7, 11) is 0. The van der Waals surface area contributed by atoms with Gasteiger partial charge in [-0.25, -0.2) is 0 Å². The molecule has 3 N–H and O–H groups in total. The number of fused-ring (bicyclic) bond motifs is 3. The van der Waals surface area contributed by atoms with Gasteiger partial charge in [0.15, 0.2) is 0 Å². The van der Waals surface area contributed by atoms with Crippen LogP contribution < -0.4 is 5.32 Å². The van der Waals surface area contributed by atoms with Crippen LogP contribution in [0.4, 0.5) is 0 Å². The minimum absolute atomic E-state index is 0.0701. The number of hydrogen-bond donors (Lipinski definition) is 3. The normalized spacial score (nSPS) is 14.0. The van der Waals surface area contributed by atoms with E-state index in [1.165, 1.54) is 22.3 Å². The predicted molar refractivity (Wildman–Crippen MR) is 90.0 cm³/mol. The highest BCUT2D eigenvalue weighted by molar-refractivity contribution is 5.79. The fourth-order valence-electron chi connectivity index (χ4n) is 3.32. The maximum Gasteiger partial charge on any atom is 0.320 e. The first-order valence-corrected chi connectivity index (χ1v) is 7.94. The summed E-state index contributed by atoms with van der Waals surface area (Å²) in [6.07, 6.45) is -0.0948. The molecule has 5 heteroatoms. The van der Waals surface area contributed by atoms with Crippen LogP contribution >= 0.6 is 0 Å². The molecule has 2 aromatic rings. The molecule has 124 valence electrons. The summed E-state index contributed by atoms with van der Waals surface area (Å²) in [4.78, 5) is 22.0. The van der Waals surface area contributed by atoms with Gasteiger partial charge in [0.05, 0.1) is 0 Å². The highest BCUT2D eigenvalue weighted by atomic mass is 16.4. The Kier molecular flexibility index (Phi) is 4.62. The highest BCUT2D eigenvalue weighted by Crippen LogP contribution is 2.44. The third kappa shape index (κ3) is 3.16. The van der Waals surface area contributed by atoms with Crippen LogP contribution in [0.5, 0.6) is 0 Å². The summed E-state index contributed by atoms with van der Waals surface area (Å²) in [5.74, 6) is -1.93. The molecule has 0 saturated heterocycles. The smallest absolute Gasteiger partial charge is 0.320 e. The molecule has 0 heterocycles. The van der Waals surface area contributed by atoms with Crippen LogP contribution in [-0.2, 0) is 9.59 Å². The lowest BCUT2D eigenvalue weighted by Crippen LogP contribution is -2.39. The van der Waals surface area contributed by atoms with E-state index in [1.54, 1.807) is 0 Å². The van der Waals surface area contributed by atoms with E-state index >= 15 is 0 Å². The number of nitrogens with one attached hydrogen (secondary N) is 1. The van der Waals surface area contributed by atoms with Gasteiger partial charge in [0.25, 0.3) is 0 Å². The molecule has 3 rings (SSSR count). The molecule has 0 radical (unpaired) electrons. The van der Waals surface area contributed by atoms with Crippen molar-refractivity contribution in [3.63, 3.8) is 0 Å². The maximum atomic E-state index is 11.4.